The van der Waals surface area contributed by atoms with Crippen molar-refractivity contribution >= 4 is 5.57 Å². The number of nitrogens with zero attached hydrogens (tertiary/aromatic N) is 1. The van der Waals surface area contributed by atoms with Crippen molar-refractivity contribution < 1.29 is 4.74 Å². The Bertz CT molecular complexity index is 840. The van der Waals surface area contributed by atoms with E-state index in [2.05, 4.69) is 60.5 Å². The fourth-order valence-corrected chi connectivity index (χ4v) is 4.69. The van der Waals surface area contributed by atoms with Crippen LogP contribution in [0.1, 0.15) is 37.4 Å². The number of allylic oxidation sites excluding steroid dienone is 2. The molecular weight excluding hydrogens is 294 g/mol. The highest BCUT2D eigenvalue weighted by molar-refractivity contribution is 5.71. The molecule has 1 aromatic carbocycles. The summed E-state index contributed by atoms with van der Waals surface area (Å²) in [5.41, 5.74) is 5.29. The van der Waals surface area contributed by atoms with Gasteiger partial charge in [-0.25, -0.2) is 0 Å². The molecule has 120 valence electrons. The van der Waals surface area contributed by atoms with E-state index in [9.17, 15) is 0 Å². The molecule has 0 N–H and O–H groups in total. The Kier molecular flexibility index (Phi) is 2.82. The van der Waals surface area contributed by atoms with Gasteiger partial charge in [-0.15, -0.1) is 0 Å². The zero-order valence-corrected chi connectivity index (χ0v) is 14.0. The second-order valence-corrected chi connectivity index (χ2v) is 7.45. The molecule has 0 saturated heterocycles. The van der Waals surface area contributed by atoms with Gasteiger partial charge in [-0.05, 0) is 41.7 Å². The fourth-order valence-electron chi connectivity index (χ4n) is 4.69. The fraction of sp³-hybridized carbons (Fsp3) is 0.318. The molecule has 0 unspecified atom stereocenters. The summed E-state index contributed by atoms with van der Waals surface area (Å²) in [5, 5.41) is 0. The second kappa shape index (κ2) is 4.83. The van der Waals surface area contributed by atoms with Crippen LogP contribution in [-0.4, -0.2) is 10.6 Å². The molecule has 1 spiro atoms. The van der Waals surface area contributed by atoms with Gasteiger partial charge in [0.1, 0.15) is 11.4 Å². The van der Waals surface area contributed by atoms with Crippen LogP contribution in [0.5, 0.6) is 5.75 Å². The van der Waals surface area contributed by atoms with Crippen molar-refractivity contribution in [1.82, 2.24) is 4.98 Å². The number of ether oxygens (including phenoxy) is 1. The molecule has 5 rings (SSSR count). The van der Waals surface area contributed by atoms with Crippen LogP contribution in [0.2, 0.25) is 0 Å². The highest BCUT2D eigenvalue weighted by atomic mass is 16.5. The van der Waals surface area contributed by atoms with Crippen LogP contribution in [0.3, 0.4) is 0 Å². The monoisotopic (exact) mass is 315 g/mol. The zero-order chi connectivity index (χ0) is 16.2. The summed E-state index contributed by atoms with van der Waals surface area (Å²) in [6.45, 7) is 2.38. The maximum absolute atomic E-state index is 6.52. The lowest BCUT2D eigenvalue weighted by Crippen LogP contribution is -2.48. The Balaban J connectivity index is 1.51. The van der Waals surface area contributed by atoms with Crippen LogP contribution in [0.25, 0.3) is 5.57 Å². The van der Waals surface area contributed by atoms with Gasteiger partial charge < -0.3 is 4.74 Å². The van der Waals surface area contributed by atoms with E-state index in [1.54, 1.807) is 0 Å². The summed E-state index contributed by atoms with van der Waals surface area (Å²) >= 11 is 0. The van der Waals surface area contributed by atoms with E-state index in [1.165, 1.54) is 16.7 Å². The van der Waals surface area contributed by atoms with E-state index < -0.39 is 0 Å². The number of pyridine rings is 1. The summed E-state index contributed by atoms with van der Waals surface area (Å²) in [4.78, 5) is 4.55. The Labute approximate surface area is 142 Å². The van der Waals surface area contributed by atoms with Gasteiger partial charge in [0.05, 0.1) is 5.69 Å². The Morgan fingerprint density at radius 1 is 1.08 bits per heavy atom. The molecule has 2 aliphatic carbocycles. The van der Waals surface area contributed by atoms with Crippen molar-refractivity contribution in [2.24, 2.45) is 5.41 Å². The zero-order valence-electron chi connectivity index (χ0n) is 14.0. The molecule has 0 amide bonds. The number of rotatable bonds is 1. The third-order valence-corrected chi connectivity index (χ3v) is 6.27. The molecule has 0 saturated carbocycles. The Morgan fingerprint density at radius 2 is 1.96 bits per heavy atom. The predicted molar refractivity (Wildman–Crippen MR) is 95.8 cm³/mol. The third-order valence-electron chi connectivity index (χ3n) is 6.27. The van der Waals surface area contributed by atoms with E-state index >= 15 is 0 Å². The van der Waals surface area contributed by atoms with Gasteiger partial charge in [-0.2, -0.15) is 0 Å². The first-order valence-corrected chi connectivity index (χ1v) is 8.80. The average molecular weight is 315 g/mol. The van der Waals surface area contributed by atoms with Crippen molar-refractivity contribution in [1.29, 1.82) is 0 Å². The molecule has 2 heterocycles. The SMILES string of the molecule is C[C@]12CCC(c3ccccc3)=CC1=CC[C@@]21Cc2ncccc2O1. The molecule has 2 aromatic rings. The third kappa shape index (κ3) is 1.80. The highest BCUT2D eigenvalue weighted by Crippen LogP contribution is 2.59. The summed E-state index contributed by atoms with van der Waals surface area (Å²) in [7, 11) is 0. The molecule has 2 nitrogen and oxygen atoms in total. The minimum absolute atomic E-state index is 0.0754. The molecular formula is C22H21NO. The molecule has 0 bridgehead atoms. The number of hydrogen-bond acceptors (Lipinski definition) is 2. The molecule has 0 radical (unpaired) electrons. The minimum Gasteiger partial charge on any atom is -0.484 e. The van der Waals surface area contributed by atoms with Gasteiger partial charge in [0.15, 0.2) is 0 Å². The van der Waals surface area contributed by atoms with Crippen molar-refractivity contribution in [2.75, 3.05) is 0 Å². The molecule has 3 aliphatic rings. The van der Waals surface area contributed by atoms with Crippen molar-refractivity contribution in [3.05, 3.63) is 77.6 Å². The standard InChI is InChI=1S/C22H21NO/c1-21-11-9-17(16-6-3-2-4-7-16)14-18(21)10-12-22(21)15-19-20(24-22)8-5-13-23-19/h2-8,10,13-14H,9,11-12,15H2,1H3/t21-,22+/m0/s1. The first kappa shape index (κ1) is 14.0. The van der Waals surface area contributed by atoms with Gasteiger partial charge in [-0.1, -0.05) is 49.4 Å². The topological polar surface area (TPSA) is 22.1 Å². The maximum Gasteiger partial charge on any atom is 0.141 e. The summed E-state index contributed by atoms with van der Waals surface area (Å²) in [5.74, 6) is 0.978. The van der Waals surface area contributed by atoms with E-state index in [1.807, 2.05) is 12.3 Å². The van der Waals surface area contributed by atoms with E-state index in [4.69, 9.17) is 4.74 Å². The van der Waals surface area contributed by atoms with E-state index in [0.29, 0.717) is 0 Å². The smallest absolute Gasteiger partial charge is 0.141 e. The summed E-state index contributed by atoms with van der Waals surface area (Å²) < 4.78 is 6.52. The van der Waals surface area contributed by atoms with Crippen LogP contribution in [0.15, 0.2) is 66.4 Å². The summed E-state index contributed by atoms with van der Waals surface area (Å²) in [6, 6.07) is 14.8. The van der Waals surface area contributed by atoms with Crippen molar-refractivity contribution in [3.8, 4) is 5.75 Å². The van der Waals surface area contributed by atoms with E-state index in [-0.39, 0.29) is 11.0 Å². The van der Waals surface area contributed by atoms with Gasteiger partial charge >= 0.3 is 0 Å². The van der Waals surface area contributed by atoms with Crippen LogP contribution in [0.4, 0.5) is 0 Å². The number of aromatic nitrogens is 1. The lowest BCUT2D eigenvalue weighted by Gasteiger charge is -2.44. The van der Waals surface area contributed by atoms with E-state index in [0.717, 1.165) is 37.1 Å². The summed E-state index contributed by atoms with van der Waals surface area (Å²) in [6.07, 6.45) is 10.8. The van der Waals surface area contributed by atoms with Gasteiger partial charge in [0.2, 0.25) is 0 Å². The lowest BCUT2D eigenvalue weighted by molar-refractivity contribution is -0.00193. The number of hydrogen-bond donors (Lipinski definition) is 0. The maximum atomic E-state index is 6.52. The number of benzene rings is 1. The predicted octanol–water partition coefficient (Wildman–Crippen LogP) is 4.97. The van der Waals surface area contributed by atoms with Crippen molar-refractivity contribution in [3.63, 3.8) is 0 Å². The van der Waals surface area contributed by atoms with Crippen molar-refractivity contribution in [2.45, 2.75) is 38.2 Å². The Morgan fingerprint density at radius 3 is 2.79 bits per heavy atom. The molecule has 1 aromatic heterocycles. The lowest BCUT2D eigenvalue weighted by atomic mass is 9.64. The van der Waals surface area contributed by atoms with Crippen LogP contribution in [-0.2, 0) is 6.42 Å². The van der Waals surface area contributed by atoms with Gasteiger partial charge in [-0.3, -0.25) is 4.98 Å². The largest absolute Gasteiger partial charge is 0.484 e. The first-order chi connectivity index (χ1) is 11.7. The van der Waals surface area contributed by atoms with Gasteiger partial charge in [0.25, 0.3) is 0 Å². The van der Waals surface area contributed by atoms with Gasteiger partial charge in [0, 0.05) is 24.5 Å². The molecule has 0 fully saturated rings. The molecule has 1 aliphatic heterocycles. The average Bonchev–Trinajstić information content (AvgIpc) is 3.14. The minimum atomic E-state index is -0.141. The number of fused-ring (bicyclic) bond motifs is 3. The second-order valence-electron chi connectivity index (χ2n) is 7.45. The quantitative estimate of drug-likeness (QED) is 0.741. The van der Waals surface area contributed by atoms with Crippen LogP contribution < -0.4 is 4.74 Å². The highest BCUT2D eigenvalue weighted by Gasteiger charge is 2.58. The molecule has 24 heavy (non-hydrogen) atoms. The first-order valence-electron chi connectivity index (χ1n) is 8.80. The van der Waals surface area contributed by atoms with Crippen LogP contribution in [0, 0.1) is 5.41 Å². The molecule has 2 atom stereocenters. The molecule has 2 heteroatoms. The normalized spacial score (nSPS) is 30.4. The van der Waals surface area contributed by atoms with Crippen LogP contribution >= 0.6 is 0 Å². The Hall–Kier alpha value is -2.35.